The largest absolute Gasteiger partial charge is 0.497 e. The summed E-state index contributed by atoms with van der Waals surface area (Å²) in [6.45, 7) is 6.90. The Morgan fingerprint density at radius 1 is 0.774 bits per heavy atom. The lowest BCUT2D eigenvalue weighted by Crippen LogP contribution is -2.16. The second kappa shape index (κ2) is 12.9. The fourth-order valence-corrected chi connectivity index (χ4v) is 3.15. The Labute approximate surface area is 192 Å². The highest BCUT2D eigenvalue weighted by Crippen LogP contribution is 2.29. The first-order valence-electron chi connectivity index (χ1n) is 10.5. The van der Waals surface area contributed by atoms with Crippen LogP contribution in [0.25, 0.3) is 0 Å². The van der Waals surface area contributed by atoms with Gasteiger partial charge in [-0.3, -0.25) is 0 Å². The zero-order chi connectivity index (χ0) is 21.2. The van der Waals surface area contributed by atoms with Crippen LogP contribution in [0.15, 0.2) is 66.7 Å². The van der Waals surface area contributed by atoms with Gasteiger partial charge in [-0.2, -0.15) is 0 Å². The highest BCUT2D eigenvalue weighted by molar-refractivity contribution is 5.85. The van der Waals surface area contributed by atoms with Crippen molar-refractivity contribution in [1.82, 2.24) is 5.32 Å². The highest BCUT2D eigenvalue weighted by atomic mass is 35.5. The van der Waals surface area contributed by atoms with Gasteiger partial charge in [0, 0.05) is 6.54 Å². The fraction of sp³-hybridized carbons (Fsp3) is 0.308. The van der Waals surface area contributed by atoms with Crippen molar-refractivity contribution in [2.24, 2.45) is 0 Å². The zero-order valence-corrected chi connectivity index (χ0v) is 19.3. The third-order valence-electron chi connectivity index (χ3n) is 4.90. The van der Waals surface area contributed by atoms with Gasteiger partial charge in [0.1, 0.15) is 12.4 Å². The van der Waals surface area contributed by atoms with E-state index in [1.54, 1.807) is 7.11 Å². The standard InChI is InChI=1S/C26H31NO3.ClH/c1-4-29-26-17-23(18-27-16-15-21-9-12-24(28-3)13-10-21)11-14-25(26)30-19-22-7-5-20(2)6-8-22;/h5-14,17,27H,4,15-16,18-19H2,1-3H3;1H. The van der Waals surface area contributed by atoms with Crippen molar-refractivity contribution < 1.29 is 14.2 Å². The summed E-state index contributed by atoms with van der Waals surface area (Å²) in [5.41, 5.74) is 4.86. The van der Waals surface area contributed by atoms with Gasteiger partial charge in [-0.15, -0.1) is 12.4 Å². The first-order chi connectivity index (χ1) is 14.7. The molecule has 1 N–H and O–H groups in total. The Hall–Kier alpha value is -2.69. The molecule has 5 heteroatoms. The molecule has 0 atom stereocenters. The molecule has 166 valence electrons. The van der Waals surface area contributed by atoms with Crippen LogP contribution >= 0.6 is 12.4 Å². The van der Waals surface area contributed by atoms with Gasteiger partial charge in [0.15, 0.2) is 11.5 Å². The molecule has 0 saturated heterocycles. The van der Waals surface area contributed by atoms with Crippen molar-refractivity contribution >= 4 is 12.4 Å². The van der Waals surface area contributed by atoms with E-state index in [0.717, 1.165) is 42.3 Å². The van der Waals surface area contributed by atoms with Gasteiger partial charge in [-0.1, -0.05) is 48.0 Å². The molecule has 0 aliphatic carbocycles. The molecular weight excluding hydrogens is 410 g/mol. The van der Waals surface area contributed by atoms with Crippen LogP contribution in [0.5, 0.6) is 17.2 Å². The number of rotatable bonds is 11. The molecule has 31 heavy (non-hydrogen) atoms. The van der Waals surface area contributed by atoms with Crippen LogP contribution in [0.4, 0.5) is 0 Å². The summed E-state index contributed by atoms with van der Waals surface area (Å²) in [7, 11) is 1.69. The van der Waals surface area contributed by atoms with Gasteiger partial charge < -0.3 is 19.5 Å². The van der Waals surface area contributed by atoms with E-state index in [1.807, 2.05) is 25.1 Å². The van der Waals surface area contributed by atoms with Gasteiger partial charge in [0.05, 0.1) is 13.7 Å². The molecule has 3 aromatic carbocycles. The molecule has 0 heterocycles. The van der Waals surface area contributed by atoms with E-state index in [0.29, 0.717) is 13.2 Å². The van der Waals surface area contributed by atoms with Crippen LogP contribution in [-0.2, 0) is 19.6 Å². The Balaban J connectivity index is 0.00000341. The quantitative estimate of drug-likeness (QED) is 0.385. The van der Waals surface area contributed by atoms with Crippen LogP contribution in [0, 0.1) is 6.92 Å². The number of ether oxygens (including phenoxy) is 3. The lowest BCUT2D eigenvalue weighted by Gasteiger charge is -2.14. The number of hydrogen-bond acceptors (Lipinski definition) is 4. The summed E-state index contributed by atoms with van der Waals surface area (Å²) in [6.07, 6.45) is 0.972. The lowest BCUT2D eigenvalue weighted by atomic mass is 10.1. The van der Waals surface area contributed by atoms with Crippen LogP contribution in [-0.4, -0.2) is 20.3 Å². The molecule has 3 aromatic rings. The third kappa shape index (κ3) is 7.82. The first-order valence-corrected chi connectivity index (χ1v) is 10.5. The number of aryl methyl sites for hydroxylation is 1. The molecule has 0 aliphatic heterocycles. The van der Waals surface area contributed by atoms with E-state index in [-0.39, 0.29) is 12.4 Å². The van der Waals surface area contributed by atoms with Gasteiger partial charge >= 0.3 is 0 Å². The maximum absolute atomic E-state index is 6.02. The molecule has 0 radical (unpaired) electrons. The van der Waals surface area contributed by atoms with Crippen molar-refractivity contribution in [1.29, 1.82) is 0 Å². The van der Waals surface area contributed by atoms with E-state index < -0.39 is 0 Å². The van der Waals surface area contributed by atoms with E-state index in [9.17, 15) is 0 Å². The molecular formula is C26H32ClNO3. The summed E-state index contributed by atoms with van der Waals surface area (Å²) < 4.78 is 17.0. The van der Waals surface area contributed by atoms with Crippen molar-refractivity contribution in [2.45, 2.75) is 33.4 Å². The molecule has 3 rings (SSSR count). The zero-order valence-electron chi connectivity index (χ0n) is 18.5. The van der Waals surface area contributed by atoms with Crippen molar-refractivity contribution in [2.75, 3.05) is 20.3 Å². The molecule has 0 unspecified atom stereocenters. The fourth-order valence-electron chi connectivity index (χ4n) is 3.15. The highest BCUT2D eigenvalue weighted by Gasteiger charge is 2.07. The lowest BCUT2D eigenvalue weighted by molar-refractivity contribution is 0.269. The Morgan fingerprint density at radius 2 is 1.45 bits per heavy atom. The predicted molar refractivity (Wildman–Crippen MR) is 129 cm³/mol. The molecule has 0 aliphatic rings. The van der Waals surface area contributed by atoms with Crippen LogP contribution < -0.4 is 19.5 Å². The van der Waals surface area contributed by atoms with Crippen molar-refractivity contribution in [3.63, 3.8) is 0 Å². The summed E-state index contributed by atoms with van der Waals surface area (Å²) in [5.74, 6) is 2.46. The Morgan fingerprint density at radius 3 is 2.13 bits per heavy atom. The van der Waals surface area contributed by atoms with Gasteiger partial charge in [-0.25, -0.2) is 0 Å². The summed E-state index contributed by atoms with van der Waals surface area (Å²) in [4.78, 5) is 0. The van der Waals surface area contributed by atoms with E-state index >= 15 is 0 Å². The average molecular weight is 442 g/mol. The molecule has 0 saturated carbocycles. The summed E-state index contributed by atoms with van der Waals surface area (Å²) >= 11 is 0. The molecule has 0 aromatic heterocycles. The minimum Gasteiger partial charge on any atom is -0.497 e. The van der Waals surface area contributed by atoms with Gasteiger partial charge in [0.25, 0.3) is 0 Å². The SMILES string of the molecule is CCOc1cc(CNCCc2ccc(OC)cc2)ccc1OCc1ccc(C)cc1.Cl. The number of nitrogens with one attached hydrogen (secondary N) is 1. The summed E-state index contributed by atoms with van der Waals surface area (Å²) in [6, 6.07) is 22.8. The molecule has 4 nitrogen and oxygen atoms in total. The van der Waals surface area contributed by atoms with E-state index in [1.165, 1.54) is 16.7 Å². The maximum Gasteiger partial charge on any atom is 0.161 e. The molecule has 0 bridgehead atoms. The van der Waals surface area contributed by atoms with E-state index in [4.69, 9.17) is 14.2 Å². The number of hydrogen-bond donors (Lipinski definition) is 1. The second-order valence-electron chi connectivity index (χ2n) is 7.26. The Bertz CT molecular complexity index is 911. The number of methoxy groups -OCH3 is 1. The minimum absolute atomic E-state index is 0. The van der Waals surface area contributed by atoms with Crippen molar-refractivity contribution in [3.05, 3.63) is 89.0 Å². The van der Waals surface area contributed by atoms with E-state index in [2.05, 4.69) is 60.8 Å². The topological polar surface area (TPSA) is 39.7 Å². The molecule has 0 fully saturated rings. The monoisotopic (exact) mass is 441 g/mol. The number of benzene rings is 3. The maximum atomic E-state index is 6.02. The second-order valence-corrected chi connectivity index (χ2v) is 7.26. The average Bonchev–Trinajstić information content (AvgIpc) is 2.78. The van der Waals surface area contributed by atoms with Crippen molar-refractivity contribution in [3.8, 4) is 17.2 Å². The molecule has 0 amide bonds. The smallest absolute Gasteiger partial charge is 0.161 e. The minimum atomic E-state index is 0. The third-order valence-corrected chi connectivity index (χ3v) is 4.90. The van der Waals surface area contributed by atoms with Crippen LogP contribution in [0.1, 0.15) is 29.2 Å². The van der Waals surface area contributed by atoms with Gasteiger partial charge in [-0.05, 0) is 67.8 Å². The normalized spacial score (nSPS) is 10.3. The molecule has 0 spiro atoms. The summed E-state index contributed by atoms with van der Waals surface area (Å²) in [5, 5.41) is 3.50. The van der Waals surface area contributed by atoms with Crippen LogP contribution in [0.3, 0.4) is 0 Å². The predicted octanol–water partition coefficient (Wildman–Crippen LogP) is 5.74. The number of halogens is 1. The van der Waals surface area contributed by atoms with Crippen LogP contribution in [0.2, 0.25) is 0 Å². The first kappa shape index (κ1) is 24.6. The van der Waals surface area contributed by atoms with Gasteiger partial charge in [0.2, 0.25) is 0 Å². The Kier molecular flexibility index (Phi) is 10.2.